The molecule has 0 fully saturated rings. The molecule has 0 amide bonds. The predicted octanol–water partition coefficient (Wildman–Crippen LogP) is 4.75. The Balaban J connectivity index is 1.60. The first kappa shape index (κ1) is 20.4. The summed E-state index contributed by atoms with van der Waals surface area (Å²) in [6, 6.07) is 5.36. The highest BCUT2D eigenvalue weighted by molar-refractivity contribution is 7.22. The number of nitrogens with zero attached hydrogens (tertiary/aromatic N) is 2. The van der Waals surface area contributed by atoms with Crippen LogP contribution in [0.5, 0.6) is 11.5 Å². The Morgan fingerprint density at radius 3 is 3.00 bits per heavy atom. The van der Waals surface area contributed by atoms with Gasteiger partial charge in [-0.3, -0.25) is 9.73 Å². The van der Waals surface area contributed by atoms with Gasteiger partial charge < -0.3 is 19.9 Å². The van der Waals surface area contributed by atoms with Crippen molar-refractivity contribution in [1.82, 2.24) is 4.98 Å². The number of aryl methyl sites for hydroxylation is 1. The first-order valence-electron chi connectivity index (χ1n) is 9.35. The van der Waals surface area contributed by atoms with E-state index in [-0.39, 0.29) is 13.2 Å². The lowest BCUT2D eigenvalue weighted by molar-refractivity contribution is -0.137. The van der Waals surface area contributed by atoms with E-state index >= 15 is 0 Å². The average Bonchev–Trinajstić information content (AvgIpc) is 3.18. The van der Waals surface area contributed by atoms with E-state index in [1.165, 1.54) is 17.6 Å². The van der Waals surface area contributed by atoms with Crippen molar-refractivity contribution in [1.29, 1.82) is 0 Å². The molecule has 0 radical (unpaired) electrons. The van der Waals surface area contributed by atoms with Crippen molar-refractivity contribution < 1.29 is 28.1 Å². The number of hydrogen-bond donors (Lipinski definition) is 2. The van der Waals surface area contributed by atoms with Crippen molar-refractivity contribution in [2.45, 2.75) is 25.9 Å². The molecule has 0 spiro atoms. The number of aliphatic hydroxyl groups is 1. The van der Waals surface area contributed by atoms with Gasteiger partial charge in [-0.05, 0) is 24.6 Å². The second-order valence-corrected chi connectivity index (χ2v) is 8.47. The molecular weight excluding hydrogens is 452 g/mol. The Morgan fingerprint density at radius 2 is 2.23 bits per heavy atom. The number of rotatable bonds is 4. The fourth-order valence-electron chi connectivity index (χ4n) is 3.52. The highest BCUT2D eigenvalue weighted by Gasteiger charge is 2.27. The molecule has 0 saturated carbocycles. The summed E-state index contributed by atoms with van der Waals surface area (Å²) < 4.78 is 42.0. The molecule has 2 aliphatic rings. The highest BCUT2D eigenvalue weighted by Crippen LogP contribution is 2.49. The fraction of sp³-hybridized carbons (Fsp3) is 0.300. The van der Waals surface area contributed by atoms with Gasteiger partial charge in [-0.25, -0.2) is 4.98 Å². The van der Waals surface area contributed by atoms with Crippen LogP contribution in [0.15, 0.2) is 23.2 Å². The maximum atomic E-state index is 12.6. The van der Waals surface area contributed by atoms with Crippen LogP contribution in [-0.2, 0) is 4.74 Å². The second kappa shape index (κ2) is 7.86. The van der Waals surface area contributed by atoms with Crippen LogP contribution < -0.4 is 14.8 Å². The minimum absolute atomic E-state index is 0.167. The molecule has 2 atom stereocenters. The molecule has 1 aromatic heterocycles. The minimum atomic E-state index is -2.92. The van der Waals surface area contributed by atoms with Crippen LogP contribution in [0.4, 0.5) is 20.2 Å². The van der Waals surface area contributed by atoms with Crippen LogP contribution in [0.1, 0.15) is 5.56 Å². The predicted molar refractivity (Wildman–Crippen MR) is 114 cm³/mol. The molecule has 7 nitrogen and oxygen atoms in total. The Kier molecular flexibility index (Phi) is 5.17. The number of halogens is 3. The van der Waals surface area contributed by atoms with Gasteiger partial charge in [0.15, 0.2) is 23.8 Å². The smallest absolute Gasteiger partial charge is 0.347 e. The monoisotopic (exact) mass is 467 g/mol. The molecule has 162 valence electrons. The molecular formula is C20H16ClF2N3O4S. The summed E-state index contributed by atoms with van der Waals surface area (Å²) in [6.45, 7) is -0.978. The van der Waals surface area contributed by atoms with Gasteiger partial charge in [0.25, 0.3) is 0 Å². The van der Waals surface area contributed by atoms with Crippen molar-refractivity contribution in [3.63, 3.8) is 0 Å². The number of fused-ring (bicyclic) bond motifs is 4. The Hall–Kier alpha value is -2.53. The zero-order chi connectivity index (χ0) is 21.7. The molecule has 5 rings (SSSR count). The summed E-state index contributed by atoms with van der Waals surface area (Å²) in [5.41, 5.74) is 3.33. The number of thiazole rings is 1. The summed E-state index contributed by atoms with van der Waals surface area (Å²) in [5, 5.41) is 13.3. The van der Waals surface area contributed by atoms with E-state index < -0.39 is 18.9 Å². The van der Waals surface area contributed by atoms with Crippen LogP contribution in [-0.4, -0.2) is 48.5 Å². The van der Waals surface area contributed by atoms with Crippen molar-refractivity contribution in [2.24, 2.45) is 4.99 Å². The van der Waals surface area contributed by atoms with E-state index in [4.69, 9.17) is 26.1 Å². The van der Waals surface area contributed by atoms with Gasteiger partial charge in [-0.15, -0.1) is 11.3 Å². The van der Waals surface area contributed by atoms with Gasteiger partial charge in [-0.2, -0.15) is 8.78 Å². The Bertz CT molecular complexity index is 1200. The summed E-state index contributed by atoms with van der Waals surface area (Å²) >= 11 is 7.81. The standard InChI is InChI=1S/C20H16ClF2N3O4S/c1-8-2-10(15-12(3-8)25-14(5-24-15)30-20(22)23)19-26-16-11(21)4-13-17(18(16)31-19)28-7-9(6-27)29-13/h2-5,9,14,20,25,27H,6-7H2,1H3/t9-,14?/m0/s1. The van der Waals surface area contributed by atoms with E-state index in [0.29, 0.717) is 38.4 Å². The van der Waals surface area contributed by atoms with Crippen LogP contribution in [0.3, 0.4) is 0 Å². The minimum Gasteiger partial charge on any atom is -0.484 e. The number of benzene rings is 2. The lowest BCUT2D eigenvalue weighted by atomic mass is 10.1. The lowest BCUT2D eigenvalue weighted by Crippen LogP contribution is -2.32. The molecule has 1 unspecified atom stereocenters. The van der Waals surface area contributed by atoms with Gasteiger partial charge in [0, 0.05) is 11.6 Å². The summed E-state index contributed by atoms with van der Waals surface area (Å²) in [4.78, 5) is 9.05. The van der Waals surface area contributed by atoms with Gasteiger partial charge in [0.2, 0.25) is 0 Å². The van der Waals surface area contributed by atoms with Crippen molar-refractivity contribution in [3.05, 3.63) is 28.8 Å². The number of hydrogen-bond acceptors (Lipinski definition) is 8. The quantitative estimate of drug-likeness (QED) is 0.576. The van der Waals surface area contributed by atoms with Gasteiger partial charge in [0.05, 0.1) is 29.2 Å². The second-order valence-electron chi connectivity index (χ2n) is 7.06. The number of aliphatic hydroxyl groups excluding tert-OH is 1. The molecule has 3 heterocycles. The first-order valence-corrected chi connectivity index (χ1v) is 10.5. The fourth-order valence-corrected chi connectivity index (χ4v) is 4.91. The first-order chi connectivity index (χ1) is 14.9. The summed E-state index contributed by atoms with van der Waals surface area (Å²) in [5.74, 6) is 0.984. The number of aromatic nitrogens is 1. The molecule has 0 aliphatic carbocycles. The third kappa shape index (κ3) is 3.69. The number of anilines is 1. The summed E-state index contributed by atoms with van der Waals surface area (Å²) in [7, 11) is 0. The normalized spacial score (nSPS) is 19.5. The summed E-state index contributed by atoms with van der Waals surface area (Å²) in [6.07, 6.45) is -0.188. The topological polar surface area (TPSA) is 85.2 Å². The Labute approximate surface area is 184 Å². The number of aliphatic imine (C=N–C) groups is 1. The Morgan fingerprint density at radius 1 is 1.39 bits per heavy atom. The number of alkyl halides is 2. The zero-order valence-electron chi connectivity index (χ0n) is 16.1. The largest absolute Gasteiger partial charge is 0.484 e. The third-order valence-corrected chi connectivity index (χ3v) is 6.20. The maximum Gasteiger partial charge on any atom is 0.347 e. The van der Waals surface area contributed by atoms with Crippen LogP contribution in [0.2, 0.25) is 5.02 Å². The molecule has 31 heavy (non-hydrogen) atoms. The average molecular weight is 468 g/mol. The SMILES string of the molecule is Cc1cc2c(c(-c3nc4c(Cl)cc5c(c4s3)OC[C@H](CO)O5)c1)N=CC(OC(F)F)N2. The van der Waals surface area contributed by atoms with E-state index in [2.05, 4.69) is 15.0 Å². The molecule has 2 aromatic carbocycles. The van der Waals surface area contributed by atoms with Crippen LogP contribution >= 0.6 is 22.9 Å². The molecule has 11 heteroatoms. The van der Waals surface area contributed by atoms with Crippen molar-refractivity contribution >= 4 is 50.7 Å². The number of ether oxygens (including phenoxy) is 3. The molecule has 2 aliphatic heterocycles. The molecule has 3 aromatic rings. The molecule has 0 saturated heterocycles. The maximum absolute atomic E-state index is 12.6. The van der Waals surface area contributed by atoms with Crippen molar-refractivity contribution in [3.8, 4) is 22.1 Å². The van der Waals surface area contributed by atoms with Crippen LogP contribution in [0, 0.1) is 6.92 Å². The van der Waals surface area contributed by atoms with Crippen LogP contribution in [0.25, 0.3) is 20.8 Å². The number of nitrogens with one attached hydrogen (secondary N) is 1. The van der Waals surface area contributed by atoms with E-state index in [1.54, 1.807) is 6.07 Å². The van der Waals surface area contributed by atoms with Gasteiger partial charge >= 0.3 is 6.61 Å². The highest BCUT2D eigenvalue weighted by atomic mass is 35.5. The zero-order valence-corrected chi connectivity index (χ0v) is 17.6. The van der Waals surface area contributed by atoms with E-state index in [9.17, 15) is 13.9 Å². The van der Waals surface area contributed by atoms with E-state index in [0.717, 1.165) is 15.8 Å². The lowest BCUT2D eigenvalue weighted by Gasteiger charge is -2.25. The molecule has 0 bridgehead atoms. The third-order valence-electron chi connectivity index (χ3n) is 4.82. The molecule has 2 N–H and O–H groups in total. The van der Waals surface area contributed by atoms with E-state index in [1.807, 2.05) is 19.1 Å². The van der Waals surface area contributed by atoms with Gasteiger partial charge in [0.1, 0.15) is 21.8 Å². The van der Waals surface area contributed by atoms with Gasteiger partial charge in [-0.1, -0.05) is 11.6 Å². The van der Waals surface area contributed by atoms with Crippen molar-refractivity contribution in [2.75, 3.05) is 18.5 Å².